The first-order valence-corrected chi connectivity index (χ1v) is 5.01. The van der Waals surface area contributed by atoms with Crippen LogP contribution in [0.3, 0.4) is 0 Å². The third-order valence-corrected chi connectivity index (χ3v) is 1.73. The fourth-order valence-electron chi connectivity index (χ4n) is 1.11. The molecule has 0 aliphatic rings. The second kappa shape index (κ2) is 6.79. The minimum atomic E-state index is -0.248. The molecule has 0 aliphatic carbocycles. The summed E-state index contributed by atoms with van der Waals surface area (Å²) < 4.78 is 10.1. The fourth-order valence-corrected chi connectivity index (χ4v) is 1.11. The van der Waals surface area contributed by atoms with E-state index in [1.165, 1.54) is 7.11 Å². The highest BCUT2D eigenvalue weighted by Gasteiger charge is 2.24. The first-order chi connectivity index (χ1) is 6.47. The average molecular weight is 204 g/mol. The summed E-state index contributed by atoms with van der Waals surface area (Å²) in [7, 11) is 1.40. The first kappa shape index (κ1) is 13.4. The number of hydrogen-bond donors (Lipinski definition) is 1. The average Bonchev–Trinajstić information content (AvgIpc) is 2.10. The van der Waals surface area contributed by atoms with Gasteiger partial charge in [-0.3, -0.25) is 0 Å². The molecular formula is C10H22NO3+. The van der Waals surface area contributed by atoms with Crippen LogP contribution in [0.4, 0.5) is 0 Å². The molecule has 1 atom stereocenters. The summed E-state index contributed by atoms with van der Waals surface area (Å²) in [6, 6.07) is 0.109. The van der Waals surface area contributed by atoms with Gasteiger partial charge in [0, 0.05) is 0 Å². The minimum Gasteiger partial charge on any atom is -0.465 e. The van der Waals surface area contributed by atoms with Gasteiger partial charge in [-0.1, -0.05) is 0 Å². The lowest BCUT2D eigenvalue weighted by molar-refractivity contribution is -0.706. The largest absolute Gasteiger partial charge is 0.465 e. The Morgan fingerprint density at radius 1 is 1.29 bits per heavy atom. The van der Waals surface area contributed by atoms with Gasteiger partial charge in [-0.05, 0) is 27.7 Å². The first-order valence-electron chi connectivity index (χ1n) is 5.01. The van der Waals surface area contributed by atoms with Gasteiger partial charge in [0.05, 0.1) is 19.3 Å². The molecule has 4 nitrogen and oxygen atoms in total. The molecule has 4 heteroatoms. The van der Waals surface area contributed by atoms with Crippen LogP contribution in [-0.2, 0) is 14.3 Å². The van der Waals surface area contributed by atoms with E-state index in [1.54, 1.807) is 0 Å². The monoisotopic (exact) mass is 204 g/mol. The number of methoxy groups -OCH3 is 1. The van der Waals surface area contributed by atoms with Crippen LogP contribution in [0.15, 0.2) is 0 Å². The van der Waals surface area contributed by atoms with E-state index in [0.29, 0.717) is 12.6 Å². The molecule has 0 saturated carbocycles. The maximum absolute atomic E-state index is 11.3. The van der Waals surface area contributed by atoms with E-state index in [2.05, 4.69) is 0 Å². The summed E-state index contributed by atoms with van der Waals surface area (Å²) in [5.74, 6) is -0.223. The molecule has 1 unspecified atom stereocenters. The topological polar surface area (TPSA) is 52.1 Å². The zero-order valence-electron chi connectivity index (χ0n) is 9.74. The standard InChI is InChI=1S/C10H21NO3/c1-7(2)11-9(10(12)13-5)6-14-8(3)4/h7-9,11H,6H2,1-5H3/p+1. The van der Waals surface area contributed by atoms with E-state index in [-0.39, 0.29) is 18.1 Å². The van der Waals surface area contributed by atoms with Crippen molar-refractivity contribution in [2.75, 3.05) is 13.7 Å². The van der Waals surface area contributed by atoms with Gasteiger partial charge in [-0.15, -0.1) is 0 Å². The van der Waals surface area contributed by atoms with Gasteiger partial charge in [0.15, 0.2) is 0 Å². The van der Waals surface area contributed by atoms with Gasteiger partial charge in [-0.25, -0.2) is 4.79 Å². The lowest BCUT2D eigenvalue weighted by Crippen LogP contribution is -2.96. The number of ether oxygens (including phenoxy) is 2. The van der Waals surface area contributed by atoms with Gasteiger partial charge in [-0.2, -0.15) is 0 Å². The molecule has 0 bridgehead atoms. The van der Waals surface area contributed by atoms with Crippen LogP contribution in [-0.4, -0.2) is 37.9 Å². The Kier molecular flexibility index (Phi) is 6.49. The molecular weight excluding hydrogens is 182 g/mol. The van der Waals surface area contributed by atoms with Gasteiger partial charge >= 0.3 is 5.97 Å². The Bertz CT molecular complexity index is 169. The molecule has 0 radical (unpaired) electrons. The van der Waals surface area contributed by atoms with Gasteiger partial charge in [0.25, 0.3) is 0 Å². The number of quaternary nitrogens is 1. The Hall–Kier alpha value is -0.610. The highest BCUT2D eigenvalue weighted by atomic mass is 16.5. The molecule has 0 rings (SSSR count). The number of nitrogens with two attached hydrogens (primary N) is 1. The van der Waals surface area contributed by atoms with Gasteiger partial charge in [0.1, 0.15) is 6.61 Å². The summed E-state index contributed by atoms with van der Waals surface area (Å²) in [4.78, 5) is 11.3. The Morgan fingerprint density at radius 3 is 2.21 bits per heavy atom. The van der Waals surface area contributed by atoms with Crippen molar-refractivity contribution >= 4 is 5.97 Å². The van der Waals surface area contributed by atoms with E-state index in [1.807, 2.05) is 33.0 Å². The van der Waals surface area contributed by atoms with Crippen LogP contribution < -0.4 is 5.32 Å². The van der Waals surface area contributed by atoms with Crippen LogP contribution in [0, 0.1) is 0 Å². The molecule has 0 spiro atoms. The number of rotatable bonds is 6. The zero-order valence-corrected chi connectivity index (χ0v) is 9.74. The molecule has 0 aromatic carbocycles. The van der Waals surface area contributed by atoms with Crippen molar-refractivity contribution < 1.29 is 19.6 Å². The van der Waals surface area contributed by atoms with Crippen molar-refractivity contribution in [2.45, 2.75) is 45.9 Å². The molecule has 0 heterocycles. The summed E-state index contributed by atoms with van der Waals surface area (Å²) in [5, 5.41) is 1.95. The lowest BCUT2D eigenvalue weighted by Gasteiger charge is -2.17. The van der Waals surface area contributed by atoms with Crippen LogP contribution in [0.5, 0.6) is 0 Å². The third kappa shape index (κ3) is 5.94. The van der Waals surface area contributed by atoms with Crippen LogP contribution in [0.25, 0.3) is 0 Å². The van der Waals surface area contributed by atoms with Crippen LogP contribution in [0.2, 0.25) is 0 Å². The third-order valence-electron chi connectivity index (χ3n) is 1.73. The number of carbonyl (C=O) groups is 1. The molecule has 0 fully saturated rings. The maximum Gasteiger partial charge on any atom is 0.367 e. The smallest absolute Gasteiger partial charge is 0.367 e. The molecule has 2 N–H and O–H groups in total. The van der Waals surface area contributed by atoms with E-state index in [9.17, 15) is 4.79 Å². The fraction of sp³-hybridized carbons (Fsp3) is 0.900. The highest BCUT2D eigenvalue weighted by Crippen LogP contribution is 1.91. The zero-order chi connectivity index (χ0) is 11.1. The molecule has 0 saturated heterocycles. The van der Waals surface area contributed by atoms with Crippen molar-refractivity contribution in [3.05, 3.63) is 0 Å². The Balaban J connectivity index is 4.04. The van der Waals surface area contributed by atoms with Crippen molar-refractivity contribution in [2.24, 2.45) is 0 Å². The summed E-state index contributed by atoms with van der Waals surface area (Å²) >= 11 is 0. The van der Waals surface area contributed by atoms with Crippen molar-refractivity contribution in [3.8, 4) is 0 Å². The van der Waals surface area contributed by atoms with Crippen molar-refractivity contribution in [3.63, 3.8) is 0 Å². The van der Waals surface area contributed by atoms with E-state index in [4.69, 9.17) is 9.47 Å². The molecule has 0 aromatic rings. The molecule has 84 valence electrons. The van der Waals surface area contributed by atoms with E-state index < -0.39 is 0 Å². The summed E-state index contributed by atoms with van der Waals surface area (Å²) in [6.45, 7) is 8.37. The second-order valence-corrected chi connectivity index (χ2v) is 3.95. The highest BCUT2D eigenvalue weighted by molar-refractivity contribution is 5.74. The van der Waals surface area contributed by atoms with Crippen LogP contribution >= 0.6 is 0 Å². The normalized spacial score (nSPS) is 13.4. The Labute approximate surface area is 86.0 Å². The quantitative estimate of drug-likeness (QED) is 0.616. The predicted molar refractivity (Wildman–Crippen MR) is 54.0 cm³/mol. The van der Waals surface area contributed by atoms with Gasteiger partial charge < -0.3 is 14.8 Å². The lowest BCUT2D eigenvalue weighted by atomic mass is 10.2. The SMILES string of the molecule is COC(=O)C(COC(C)C)[NH2+]C(C)C. The van der Waals surface area contributed by atoms with Crippen molar-refractivity contribution in [1.29, 1.82) is 0 Å². The number of esters is 1. The molecule has 0 aromatic heterocycles. The summed E-state index contributed by atoms with van der Waals surface area (Å²) in [6.07, 6.45) is 0.141. The Morgan fingerprint density at radius 2 is 1.86 bits per heavy atom. The number of hydrogen-bond acceptors (Lipinski definition) is 3. The second-order valence-electron chi connectivity index (χ2n) is 3.95. The van der Waals surface area contributed by atoms with Crippen molar-refractivity contribution in [1.82, 2.24) is 0 Å². The molecule has 0 aliphatic heterocycles. The summed E-state index contributed by atoms with van der Waals surface area (Å²) in [5.41, 5.74) is 0. The number of carbonyl (C=O) groups excluding carboxylic acids is 1. The van der Waals surface area contributed by atoms with Crippen LogP contribution in [0.1, 0.15) is 27.7 Å². The van der Waals surface area contributed by atoms with E-state index in [0.717, 1.165) is 0 Å². The molecule has 0 amide bonds. The van der Waals surface area contributed by atoms with Gasteiger partial charge in [0.2, 0.25) is 6.04 Å². The predicted octanol–water partition coefficient (Wildman–Crippen LogP) is -0.0752. The van der Waals surface area contributed by atoms with E-state index >= 15 is 0 Å². The minimum absolute atomic E-state index is 0.141. The molecule has 14 heavy (non-hydrogen) atoms. The maximum atomic E-state index is 11.3.